The molecule has 6 rings (SSSR count). The molecule has 4 aromatic heterocycles. The standard InChI is InChI=1S/C42H50N12O7/c1-8-28-34(60-25(4)46-28)38(58)50-40-47-29-22-26(35(43)55)13-15-31(29)53(40)20-11-10-19-52-32-16-14-27(36(56)44-17-12-18-45-41(59)61-42(5,6)7)23-30(32)48-39(52)49-37(57)33-21-24(3)51-54(33)9-2/h10-11,13-16,21-23H,8-9,12,17-20H2,1-7H3,(H2,43,55)(H,44,56)(H,45,59)(H,47,50,58)(H,48,49,57)/b11-10+. The molecule has 0 aliphatic heterocycles. The molecular weight excluding hydrogens is 785 g/mol. The monoisotopic (exact) mass is 834 g/mol. The number of nitrogens with one attached hydrogen (secondary N) is 4. The Labute approximate surface area is 351 Å². The lowest BCUT2D eigenvalue weighted by Crippen LogP contribution is -2.34. The summed E-state index contributed by atoms with van der Waals surface area (Å²) in [6, 6.07) is 11.6. The second-order valence-corrected chi connectivity index (χ2v) is 15.1. The van der Waals surface area contributed by atoms with Crippen LogP contribution in [0.15, 0.2) is 59.0 Å². The number of amides is 5. The molecule has 5 amide bonds. The number of ether oxygens (including phenoxy) is 1. The van der Waals surface area contributed by atoms with E-state index in [0.717, 1.165) is 0 Å². The van der Waals surface area contributed by atoms with Crippen molar-refractivity contribution < 1.29 is 33.1 Å². The number of alkyl carbamates (subject to hydrolysis) is 1. The number of anilines is 2. The summed E-state index contributed by atoms with van der Waals surface area (Å²) in [5.74, 6) is -0.991. The Hall–Kier alpha value is -7.31. The van der Waals surface area contributed by atoms with Crippen LogP contribution in [-0.4, -0.2) is 82.3 Å². The minimum absolute atomic E-state index is 0.0823. The summed E-state index contributed by atoms with van der Waals surface area (Å²) in [6.07, 6.45) is 4.17. The van der Waals surface area contributed by atoms with Gasteiger partial charge in [0.2, 0.25) is 23.6 Å². The highest BCUT2D eigenvalue weighted by atomic mass is 16.6. The van der Waals surface area contributed by atoms with Crippen LogP contribution in [0.25, 0.3) is 22.1 Å². The minimum atomic E-state index is -0.617. The largest absolute Gasteiger partial charge is 0.444 e. The third-order valence-corrected chi connectivity index (χ3v) is 9.32. The zero-order valence-electron chi connectivity index (χ0n) is 35.2. The lowest BCUT2D eigenvalue weighted by molar-refractivity contribution is 0.0527. The van der Waals surface area contributed by atoms with E-state index in [2.05, 4.69) is 36.3 Å². The SMILES string of the molecule is CCc1nc(C)oc1C(=O)Nc1nc2cc(C(N)=O)ccc2n1C/C=C/Cn1c(NC(=O)c2cc(C)nn2CC)nc2cc(C(=O)NCCCNC(=O)OC(C)(C)C)ccc21. The highest BCUT2D eigenvalue weighted by Gasteiger charge is 2.23. The van der Waals surface area contributed by atoms with Gasteiger partial charge in [-0.3, -0.25) is 34.5 Å². The molecule has 6 aromatic rings. The van der Waals surface area contributed by atoms with Crippen LogP contribution >= 0.6 is 0 Å². The Bertz CT molecular complexity index is 2660. The summed E-state index contributed by atoms with van der Waals surface area (Å²) in [5.41, 5.74) is 9.29. The van der Waals surface area contributed by atoms with E-state index in [1.165, 1.54) is 0 Å². The van der Waals surface area contributed by atoms with Crippen LogP contribution < -0.4 is 27.0 Å². The molecule has 19 heteroatoms. The first-order chi connectivity index (χ1) is 29.0. The highest BCUT2D eigenvalue weighted by molar-refractivity contribution is 6.04. The van der Waals surface area contributed by atoms with Crippen LogP contribution in [-0.2, 0) is 30.8 Å². The van der Waals surface area contributed by atoms with Gasteiger partial charge >= 0.3 is 6.09 Å². The average Bonchev–Trinajstić information content (AvgIpc) is 3.97. The Morgan fingerprint density at radius 2 is 1.38 bits per heavy atom. The molecule has 0 aliphatic rings. The number of oxazole rings is 1. The Kier molecular flexibility index (Phi) is 13.0. The molecule has 0 saturated carbocycles. The average molecular weight is 835 g/mol. The quantitative estimate of drug-likeness (QED) is 0.0620. The van der Waals surface area contributed by atoms with Crippen LogP contribution in [0.3, 0.4) is 0 Å². The van der Waals surface area contributed by atoms with Gasteiger partial charge in [0, 0.05) is 50.8 Å². The number of primary amides is 1. The molecule has 0 saturated heterocycles. The molecule has 6 N–H and O–H groups in total. The molecule has 0 fully saturated rings. The van der Waals surface area contributed by atoms with E-state index in [-0.39, 0.29) is 42.2 Å². The van der Waals surface area contributed by atoms with Gasteiger partial charge in [-0.1, -0.05) is 19.1 Å². The number of nitrogens with zero attached hydrogens (tertiary/aromatic N) is 7. The molecule has 0 radical (unpaired) electrons. The maximum Gasteiger partial charge on any atom is 0.407 e. The molecule has 0 atom stereocenters. The van der Waals surface area contributed by atoms with E-state index in [0.29, 0.717) is 83.1 Å². The number of aromatic nitrogens is 7. The predicted octanol–water partition coefficient (Wildman–Crippen LogP) is 5.27. The van der Waals surface area contributed by atoms with Gasteiger partial charge in [0.15, 0.2) is 5.89 Å². The zero-order valence-corrected chi connectivity index (χ0v) is 35.2. The van der Waals surface area contributed by atoms with Gasteiger partial charge in [-0.25, -0.2) is 19.7 Å². The zero-order chi connectivity index (χ0) is 44.0. The van der Waals surface area contributed by atoms with E-state index in [4.69, 9.17) is 19.9 Å². The van der Waals surface area contributed by atoms with Crippen molar-refractivity contribution in [2.75, 3.05) is 23.7 Å². The normalized spacial score (nSPS) is 11.7. The van der Waals surface area contributed by atoms with Crippen molar-refractivity contribution in [3.8, 4) is 0 Å². The van der Waals surface area contributed by atoms with Crippen molar-refractivity contribution in [3.63, 3.8) is 0 Å². The van der Waals surface area contributed by atoms with Crippen molar-refractivity contribution in [2.24, 2.45) is 5.73 Å². The van der Waals surface area contributed by atoms with E-state index < -0.39 is 29.4 Å². The van der Waals surface area contributed by atoms with E-state index in [1.54, 1.807) is 84.0 Å². The van der Waals surface area contributed by atoms with Crippen molar-refractivity contribution in [1.82, 2.24) is 44.5 Å². The molecule has 0 unspecified atom stereocenters. The van der Waals surface area contributed by atoms with Crippen molar-refractivity contribution in [3.05, 3.63) is 94.5 Å². The summed E-state index contributed by atoms with van der Waals surface area (Å²) in [5, 5.41) is 15.7. The van der Waals surface area contributed by atoms with Gasteiger partial charge < -0.3 is 34.7 Å². The van der Waals surface area contributed by atoms with Crippen LogP contribution in [0.5, 0.6) is 0 Å². The molecule has 19 nitrogen and oxygen atoms in total. The summed E-state index contributed by atoms with van der Waals surface area (Å²) >= 11 is 0. The second-order valence-electron chi connectivity index (χ2n) is 15.1. The summed E-state index contributed by atoms with van der Waals surface area (Å²) in [7, 11) is 0. The number of carbonyl (C=O) groups is 5. The van der Waals surface area contributed by atoms with Gasteiger partial charge in [0.25, 0.3) is 17.7 Å². The fraction of sp³-hybridized carbons (Fsp3) is 0.357. The summed E-state index contributed by atoms with van der Waals surface area (Å²) in [4.78, 5) is 77.8. The van der Waals surface area contributed by atoms with Crippen LogP contribution in [0.1, 0.15) is 100 Å². The van der Waals surface area contributed by atoms with Crippen LogP contribution in [0.4, 0.5) is 16.7 Å². The molecule has 2 aromatic carbocycles. The van der Waals surface area contributed by atoms with Crippen LogP contribution in [0, 0.1) is 13.8 Å². The van der Waals surface area contributed by atoms with E-state index in [9.17, 15) is 24.0 Å². The van der Waals surface area contributed by atoms with E-state index >= 15 is 0 Å². The molecule has 0 aliphatic carbocycles. The fourth-order valence-corrected chi connectivity index (χ4v) is 6.55. The van der Waals surface area contributed by atoms with Gasteiger partial charge in [-0.05, 0) is 89.9 Å². The number of hydrogen-bond acceptors (Lipinski definition) is 11. The van der Waals surface area contributed by atoms with E-state index in [1.807, 2.05) is 32.9 Å². The van der Waals surface area contributed by atoms with Gasteiger partial charge in [0.1, 0.15) is 11.3 Å². The van der Waals surface area contributed by atoms with Crippen molar-refractivity contribution in [1.29, 1.82) is 0 Å². The van der Waals surface area contributed by atoms with Crippen LogP contribution in [0.2, 0.25) is 0 Å². The first-order valence-corrected chi connectivity index (χ1v) is 19.9. The Morgan fingerprint density at radius 3 is 1.97 bits per heavy atom. The number of imidazole rings is 2. The summed E-state index contributed by atoms with van der Waals surface area (Å²) < 4.78 is 16.0. The first kappa shape index (κ1) is 43.3. The number of allylic oxidation sites excluding steroid dienone is 2. The highest BCUT2D eigenvalue weighted by Crippen LogP contribution is 2.25. The number of fused-ring (bicyclic) bond motifs is 2. The third-order valence-electron chi connectivity index (χ3n) is 9.32. The fourth-order valence-electron chi connectivity index (χ4n) is 6.55. The number of nitrogens with two attached hydrogens (primary N) is 1. The number of benzene rings is 2. The Balaban J connectivity index is 1.24. The lowest BCUT2D eigenvalue weighted by Gasteiger charge is -2.19. The smallest absolute Gasteiger partial charge is 0.407 e. The third kappa shape index (κ3) is 10.3. The lowest BCUT2D eigenvalue weighted by atomic mass is 10.2. The van der Waals surface area contributed by atoms with Gasteiger partial charge in [-0.2, -0.15) is 5.10 Å². The molecule has 61 heavy (non-hydrogen) atoms. The molecule has 320 valence electrons. The number of hydrogen-bond donors (Lipinski definition) is 5. The molecule has 0 spiro atoms. The maximum atomic E-state index is 13.6. The van der Waals surface area contributed by atoms with Gasteiger partial charge in [0.05, 0.1) is 33.5 Å². The first-order valence-electron chi connectivity index (χ1n) is 19.9. The predicted molar refractivity (Wildman–Crippen MR) is 227 cm³/mol. The molecule has 4 heterocycles. The Morgan fingerprint density at radius 1 is 0.787 bits per heavy atom. The number of rotatable bonds is 16. The number of aryl methyl sites for hydroxylation is 4. The molecular formula is C42H50N12O7. The maximum absolute atomic E-state index is 13.6. The van der Waals surface area contributed by atoms with Crippen molar-refractivity contribution in [2.45, 2.75) is 86.5 Å². The molecule has 0 bridgehead atoms. The van der Waals surface area contributed by atoms with Crippen molar-refractivity contribution >= 4 is 63.7 Å². The topological polar surface area (TPSA) is 248 Å². The number of carbonyl (C=O) groups excluding carboxylic acids is 5. The minimum Gasteiger partial charge on any atom is -0.444 e. The second kappa shape index (κ2) is 18.3. The summed E-state index contributed by atoms with van der Waals surface area (Å²) in [6.45, 7) is 14.2. The van der Waals surface area contributed by atoms with Gasteiger partial charge in [-0.15, -0.1) is 0 Å².